The van der Waals surface area contributed by atoms with E-state index < -0.39 is 0 Å². The van der Waals surface area contributed by atoms with E-state index in [9.17, 15) is 0 Å². The van der Waals surface area contributed by atoms with E-state index in [4.69, 9.17) is 10.5 Å². The van der Waals surface area contributed by atoms with Crippen molar-refractivity contribution in [3.63, 3.8) is 0 Å². The third-order valence-electron chi connectivity index (χ3n) is 3.49. The Hall–Kier alpha value is -1.55. The number of nitrogens with two attached hydrogens (primary N) is 1. The lowest BCUT2D eigenvalue weighted by Gasteiger charge is -2.23. The second kappa shape index (κ2) is 4.37. The molecule has 4 heteroatoms. The van der Waals surface area contributed by atoms with Crippen molar-refractivity contribution in [3.8, 4) is 5.75 Å². The normalized spacial score (nSPS) is 14.8. The smallest absolute Gasteiger partial charge is 0.121 e. The zero-order chi connectivity index (χ0) is 12.5. The number of fused-ring (bicyclic) bond motifs is 1. The summed E-state index contributed by atoms with van der Waals surface area (Å²) >= 11 is 0. The summed E-state index contributed by atoms with van der Waals surface area (Å²) in [6.45, 7) is 4.84. The van der Waals surface area contributed by atoms with Crippen molar-refractivity contribution in [3.05, 3.63) is 24.0 Å². The van der Waals surface area contributed by atoms with E-state index >= 15 is 0 Å². The first-order valence-electron chi connectivity index (χ1n) is 5.87. The molecule has 0 spiro atoms. The second-order valence-corrected chi connectivity index (χ2v) is 4.59. The Kier molecular flexibility index (Phi) is 3.07. The highest BCUT2D eigenvalue weighted by atomic mass is 16.5. The molecule has 0 saturated carbocycles. The Morgan fingerprint density at radius 2 is 2.24 bits per heavy atom. The summed E-state index contributed by atoms with van der Waals surface area (Å²) < 4.78 is 5.20. The minimum atomic E-state index is -0.0910. The van der Waals surface area contributed by atoms with Crippen LogP contribution < -0.4 is 10.5 Å². The number of methoxy groups -OCH3 is 1. The molecular formula is C13H19N3O. The first-order chi connectivity index (χ1) is 8.12. The number of nitrogens with one attached hydrogen (secondary N) is 1. The SMILES string of the molecule is CCC(C)(CN)c1nc2ccc(OC)cc2[nH]1. The van der Waals surface area contributed by atoms with E-state index in [0.717, 1.165) is 29.0 Å². The number of ether oxygens (including phenoxy) is 1. The molecule has 0 bridgehead atoms. The number of H-pyrrole nitrogens is 1. The minimum Gasteiger partial charge on any atom is -0.497 e. The van der Waals surface area contributed by atoms with Crippen LogP contribution in [0.3, 0.4) is 0 Å². The van der Waals surface area contributed by atoms with Gasteiger partial charge in [-0.1, -0.05) is 13.8 Å². The van der Waals surface area contributed by atoms with Gasteiger partial charge in [-0.25, -0.2) is 4.98 Å². The lowest BCUT2D eigenvalue weighted by molar-refractivity contribution is 0.415. The van der Waals surface area contributed by atoms with Gasteiger partial charge >= 0.3 is 0 Å². The molecule has 4 nitrogen and oxygen atoms in total. The van der Waals surface area contributed by atoms with Crippen LogP contribution >= 0.6 is 0 Å². The van der Waals surface area contributed by atoms with Crippen LogP contribution in [-0.4, -0.2) is 23.6 Å². The number of nitrogens with zero attached hydrogens (tertiary/aromatic N) is 1. The van der Waals surface area contributed by atoms with E-state index in [-0.39, 0.29) is 5.41 Å². The van der Waals surface area contributed by atoms with Crippen LogP contribution in [-0.2, 0) is 5.41 Å². The molecule has 0 aliphatic heterocycles. The van der Waals surface area contributed by atoms with Crippen molar-refractivity contribution in [2.24, 2.45) is 5.73 Å². The van der Waals surface area contributed by atoms with Gasteiger partial charge in [-0.15, -0.1) is 0 Å². The van der Waals surface area contributed by atoms with Gasteiger partial charge in [0.15, 0.2) is 0 Å². The highest BCUT2D eigenvalue weighted by molar-refractivity contribution is 5.77. The zero-order valence-electron chi connectivity index (χ0n) is 10.6. The van der Waals surface area contributed by atoms with Crippen LogP contribution in [0, 0.1) is 0 Å². The molecule has 1 aromatic carbocycles. The number of aromatic amines is 1. The predicted molar refractivity (Wildman–Crippen MR) is 69.3 cm³/mol. The molecule has 0 amide bonds. The summed E-state index contributed by atoms with van der Waals surface area (Å²) in [7, 11) is 1.66. The minimum absolute atomic E-state index is 0.0910. The zero-order valence-corrected chi connectivity index (χ0v) is 10.6. The summed E-state index contributed by atoms with van der Waals surface area (Å²) in [4.78, 5) is 7.95. The van der Waals surface area contributed by atoms with Crippen LogP contribution in [0.2, 0.25) is 0 Å². The first-order valence-corrected chi connectivity index (χ1v) is 5.87. The number of hydrogen-bond donors (Lipinski definition) is 2. The maximum atomic E-state index is 5.84. The van der Waals surface area contributed by atoms with E-state index in [2.05, 4.69) is 23.8 Å². The highest BCUT2D eigenvalue weighted by Gasteiger charge is 2.26. The van der Waals surface area contributed by atoms with E-state index in [1.165, 1.54) is 0 Å². The third-order valence-corrected chi connectivity index (χ3v) is 3.49. The fraction of sp³-hybridized carbons (Fsp3) is 0.462. The van der Waals surface area contributed by atoms with Crippen LogP contribution in [0.4, 0.5) is 0 Å². The summed E-state index contributed by atoms with van der Waals surface area (Å²) in [6, 6.07) is 5.83. The molecule has 0 saturated heterocycles. The van der Waals surface area contributed by atoms with Gasteiger partial charge in [-0.2, -0.15) is 0 Å². The van der Waals surface area contributed by atoms with Gasteiger partial charge in [-0.3, -0.25) is 0 Å². The van der Waals surface area contributed by atoms with E-state index in [1.807, 2.05) is 18.2 Å². The van der Waals surface area contributed by atoms with Gasteiger partial charge in [0, 0.05) is 18.0 Å². The fourth-order valence-electron chi connectivity index (χ4n) is 1.81. The molecule has 0 radical (unpaired) electrons. The fourth-order valence-corrected chi connectivity index (χ4v) is 1.81. The van der Waals surface area contributed by atoms with Crippen LogP contribution in [0.5, 0.6) is 5.75 Å². The van der Waals surface area contributed by atoms with Gasteiger partial charge in [-0.05, 0) is 18.6 Å². The molecule has 0 aliphatic rings. The van der Waals surface area contributed by atoms with Crippen LogP contribution in [0.15, 0.2) is 18.2 Å². The number of hydrogen-bond acceptors (Lipinski definition) is 3. The first kappa shape index (κ1) is 11.9. The van der Waals surface area contributed by atoms with Crippen molar-refractivity contribution in [1.82, 2.24) is 9.97 Å². The van der Waals surface area contributed by atoms with E-state index in [0.29, 0.717) is 6.54 Å². The molecule has 2 rings (SSSR count). The maximum Gasteiger partial charge on any atom is 0.121 e. The van der Waals surface area contributed by atoms with Crippen molar-refractivity contribution >= 4 is 11.0 Å². The molecule has 1 atom stereocenters. The quantitative estimate of drug-likeness (QED) is 0.851. The standard InChI is InChI=1S/C13H19N3O/c1-4-13(2,8-14)12-15-10-6-5-9(17-3)7-11(10)16-12/h5-7H,4,8,14H2,1-3H3,(H,15,16). The Bertz CT molecular complexity index is 514. The Balaban J connectivity index is 2.50. The largest absolute Gasteiger partial charge is 0.497 e. The van der Waals surface area contributed by atoms with Gasteiger partial charge < -0.3 is 15.5 Å². The van der Waals surface area contributed by atoms with E-state index in [1.54, 1.807) is 7.11 Å². The molecular weight excluding hydrogens is 214 g/mol. The Morgan fingerprint density at radius 1 is 1.47 bits per heavy atom. The average molecular weight is 233 g/mol. The van der Waals surface area contributed by atoms with Crippen molar-refractivity contribution < 1.29 is 4.74 Å². The molecule has 3 N–H and O–H groups in total. The van der Waals surface area contributed by atoms with Crippen LogP contribution in [0.25, 0.3) is 11.0 Å². The monoisotopic (exact) mass is 233 g/mol. The summed E-state index contributed by atoms with van der Waals surface area (Å²) in [6.07, 6.45) is 0.959. The number of benzene rings is 1. The highest BCUT2D eigenvalue weighted by Crippen LogP contribution is 2.27. The van der Waals surface area contributed by atoms with Gasteiger partial charge in [0.2, 0.25) is 0 Å². The Morgan fingerprint density at radius 3 is 2.82 bits per heavy atom. The second-order valence-electron chi connectivity index (χ2n) is 4.59. The third kappa shape index (κ3) is 2.00. The number of rotatable bonds is 4. The topological polar surface area (TPSA) is 63.9 Å². The maximum absolute atomic E-state index is 5.84. The summed E-state index contributed by atoms with van der Waals surface area (Å²) in [5.41, 5.74) is 7.70. The molecule has 1 unspecified atom stereocenters. The molecule has 2 aromatic rings. The molecule has 17 heavy (non-hydrogen) atoms. The Labute approximate surface area is 101 Å². The average Bonchev–Trinajstić information content (AvgIpc) is 2.80. The van der Waals surface area contributed by atoms with Gasteiger partial charge in [0.25, 0.3) is 0 Å². The van der Waals surface area contributed by atoms with Crippen molar-refractivity contribution in [1.29, 1.82) is 0 Å². The summed E-state index contributed by atoms with van der Waals surface area (Å²) in [5, 5.41) is 0. The molecule has 0 fully saturated rings. The van der Waals surface area contributed by atoms with Crippen molar-refractivity contribution in [2.45, 2.75) is 25.7 Å². The van der Waals surface area contributed by atoms with Crippen molar-refractivity contribution in [2.75, 3.05) is 13.7 Å². The lowest BCUT2D eigenvalue weighted by Crippen LogP contribution is -2.32. The van der Waals surface area contributed by atoms with Crippen LogP contribution in [0.1, 0.15) is 26.1 Å². The van der Waals surface area contributed by atoms with Gasteiger partial charge in [0.1, 0.15) is 11.6 Å². The number of aromatic nitrogens is 2. The summed E-state index contributed by atoms with van der Waals surface area (Å²) in [5.74, 6) is 1.78. The molecule has 1 aromatic heterocycles. The van der Waals surface area contributed by atoms with Gasteiger partial charge in [0.05, 0.1) is 18.1 Å². The predicted octanol–water partition coefficient (Wildman–Crippen LogP) is 2.20. The lowest BCUT2D eigenvalue weighted by atomic mass is 9.87. The molecule has 92 valence electrons. The number of imidazole rings is 1. The molecule has 1 heterocycles. The molecule has 0 aliphatic carbocycles.